The molecule has 2 unspecified atom stereocenters. The first-order valence-electron chi connectivity index (χ1n) is 5.52. The van der Waals surface area contributed by atoms with Crippen LogP contribution < -0.4 is 0 Å². The monoisotopic (exact) mass is 247 g/mol. The maximum Gasteiger partial charge on any atom is 0.150 e. The molecule has 1 aromatic carbocycles. The Kier molecular flexibility index (Phi) is 3.82. The lowest BCUT2D eigenvalue weighted by Crippen LogP contribution is -2.13. The molecule has 1 saturated heterocycles. The molecule has 0 spiro atoms. The van der Waals surface area contributed by atoms with E-state index < -0.39 is 0 Å². The number of carbonyl (C=O) groups is 1. The second kappa shape index (κ2) is 5.35. The molecule has 0 N–H and O–H groups in total. The summed E-state index contributed by atoms with van der Waals surface area (Å²) in [5, 5.41) is 9.46. The zero-order valence-corrected chi connectivity index (χ0v) is 10.4. The van der Waals surface area contributed by atoms with Gasteiger partial charge in [0.15, 0.2) is 0 Å². The molecule has 2 atom stereocenters. The minimum Gasteiger partial charge on any atom is -0.377 e. The highest BCUT2D eigenvalue weighted by atomic mass is 32.2. The number of ether oxygens (including phenoxy) is 1. The van der Waals surface area contributed by atoms with Crippen molar-refractivity contribution in [2.45, 2.75) is 29.6 Å². The second-order valence-electron chi connectivity index (χ2n) is 4.01. The Morgan fingerprint density at radius 3 is 3.00 bits per heavy atom. The van der Waals surface area contributed by atoms with Crippen LogP contribution in [0.25, 0.3) is 0 Å². The molecule has 4 heteroatoms. The van der Waals surface area contributed by atoms with Crippen molar-refractivity contribution < 1.29 is 9.53 Å². The molecular formula is C13H13NO2S. The quantitative estimate of drug-likeness (QED) is 0.770. The number of nitriles is 1. The van der Waals surface area contributed by atoms with E-state index in [9.17, 15) is 4.79 Å². The van der Waals surface area contributed by atoms with Gasteiger partial charge in [0.25, 0.3) is 0 Å². The smallest absolute Gasteiger partial charge is 0.150 e. The first-order valence-corrected chi connectivity index (χ1v) is 6.40. The van der Waals surface area contributed by atoms with Crippen molar-refractivity contribution in [1.29, 1.82) is 5.26 Å². The highest BCUT2D eigenvalue weighted by Crippen LogP contribution is 2.34. The van der Waals surface area contributed by atoms with Crippen LogP contribution in [0.1, 0.15) is 29.3 Å². The zero-order chi connectivity index (χ0) is 12.3. The average molecular weight is 247 g/mol. The Bertz CT molecular complexity index is 467. The van der Waals surface area contributed by atoms with Crippen LogP contribution >= 0.6 is 11.8 Å². The van der Waals surface area contributed by atoms with Crippen LogP contribution in [-0.2, 0) is 4.74 Å². The number of nitrogens with zero attached hydrogens (tertiary/aromatic N) is 1. The third-order valence-electron chi connectivity index (χ3n) is 2.85. The molecule has 1 fully saturated rings. The normalized spacial score (nSPS) is 23.3. The predicted octanol–water partition coefficient (Wildman–Crippen LogP) is 2.64. The highest BCUT2D eigenvalue weighted by Gasteiger charge is 2.25. The van der Waals surface area contributed by atoms with Gasteiger partial charge in [0, 0.05) is 22.3 Å². The van der Waals surface area contributed by atoms with Crippen molar-refractivity contribution in [2.75, 3.05) is 6.61 Å². The van der Waals surface area contributed by atoms with Gasteiger partial charge in [-0.2, -0.15) is 5.26 Å². The van der Waals surface area contributed by atoms with Gasteiger partial charge < -0.3 is 4.74 Å². The Labute approximate surface area is 105 Å². The van der Waals surface area contributed by atoms with E-state index in [1.54, 1.807) is 23.9 Å². The lowest BCUT2D eigenvalue weighted by atomic mass is 10.1. The lowest BCUT2D eigenvalue weighted by Gasteiger charge is -2.14. The summed E-state index contributed by atoms with van der Waals surface area (Å²) in [6.07, 6.45) is 1.99. The molecule has 3 nitrogen and oxygen atoms in total. The van der Waals surface area contributed by atoms with Gasteiger partial charge in [-0.25, -0.2) is 0 Å². The summed E-state index contributed by atoms with van der Waals surface area (Å²) in [5.74, 6) is 0. The number of benzene rings is 1. The molecule has 1 aliphatic heterocycles. The largest absolute Gasteiger partial charge is 0.377 e. The molecule has 0 saturated carbocycles. The molecule has 1 aromatic rings. The van der Waals surface area contributed by atoms with Gasteiger partial charge >= 0.3 is 0 Å². The first kappa shape index (κ1) is 12.2. The van der Waals surface area contributed by atoms with Crippen LogP contribution in [0.3, 0.4) is 0 Å². The number of aldehydes is 1. The fraction of sp³-hybridized carbons (Fsp3) is 0.385. The van der Waals surface area contributed by atoms with Gasteiger partial charge in [-0.15, -0.1) is 11.8 Å². The van der Waals surface area contributed by atoms with E-state index in [2.05, 4.69) is 13.0 Å². The van der Waals surface area contributed by atoms with E-state index in [1.165, 1.54) is 0 Å². The Morgan fingerprint density at radius 2 is 2.41 bits per heavy atom. The molecule has 0 aromatic heterocycles. The lowest BCUT2D eigenvalue weighted by molar-refractivity contribution is 0.112. The van der Waals surface area contributed by atoms with Crippen LogP contribution in [0.4, 0.5) is 0 Å². The van der Waals surface area contributed by atoms with E-state index in [0.29, 0.717) is 16.4 Å². The van der Waals surface area contributed by atoms with Crippen molar-refractivity contribution in [3.05, 3.63) is 29.3 Å². The van der Waals surface area contributed by atoms with E-state index in [1.807, 2.05) is 6.07 Å². The molecule has 0 bridgehead atoms. The maximum atomic E-state index is 10.6. The van der Waals surface area contributed by atoms with Crippen molar-refractivity contribution in [2.24, 2.45) is 0 Å². The standard InChI is InChI=1S/C13H13NO2S/c1-9-12(4-5-16-9)17-13-3-2-10(8-15)6-11(13)7-14/h2-3,6,8-9,12H,4-5H2,1H3. The number of hydrogen-bond acceptors (Lipinski definition) is 4. The molecule has 88 valence electrons. The fourth-order valence-corrected chi connectivity index (χ4v) is 3.03. The summed E-state index contributed by atoms with van der Waals surface area (Å²) in [6.45, 7) is 2.84. The summed E-state index contributed by atoms with van der Waals surface area (Å²) >= 11 is 1.67. The van der Waals surface area contributed by atoms with Crippen LogP contribution in [0.2, 0.25) is 0 Å². The van der Waals surface area contributed by atoms with E-state index in [4.69, 9.17) is 10.00 Å². The molecule has 1 aliphatic rings. The summed E-state index contributed by atoms with van der Waals surface area (Å²) in [5.41, 5.74) is 1.11. The van der Waals surface area contributed by atoms with Gasteiger partial charge in [0.2, 0.25) is 0 Å². The third-order valence-corrected chi connectivity index (χ3v) is 4.38. The average Bonchev–Trinajstić information content (AvgIpc) is 2.75. The van der Waals surface area contributed by atoms with Crippen molar-refractivity contribution in [3.63, 3.8) is 0 Å². The zero-order valence-electron chi connectivity index (χ0n) is 9.55. The van der Waals surface area contributed by atoms with Crippen molar-refractivity contribution in [3.8, 4) is 6.07 Å². The molecule has 1 heterocycles. The Hall–Kier alpha value is -1.31. The highest BCUT2D eigenvalue weighted by molar-refractivity contribution is 8.00. The number of carbonyl (C=O) groups excluding carboxylic acids is 1. The molecule has 17 heavy (non-hydrogen) atoms. The minimum absolute atomic E-state index is 0.220. The van der Waals surface area contributed by atoms with Gasteiger partial charge in [0.1, 0.15) is 12.4 Å². The summed E-state index contributed by atoms with van der Waals surface area (Å²) in [4.78, 5) is 11.6. The SMILES string of the molecule is CC1OCCC1Sc1ccc(C=O)cc1C#N. The number of hydrogen-bond donors (Lipinski definition) is 0. The fourth-order valence-electron chi connectivity index (χ4n) is 1.84. The van der Waals surface area contributed by atoms with Crippen LogP contribution in [0.5, 0.6) is 0 Å². The van der Waals surface area contributed by atoms with Gasteiger partial charge in [-0.1, -0.05) is 6.07 Å². The van der Waals surface area contributed by atoms with Crippen LogP contribution in [0, 0.1) is 11.3 Å². The topological polar surface area (TPSA) is 50.1 Å². The van der Waals surface area contributed by atoms with Gasteiger partial charge in [-0.05, 0) is 25.5 Å². The predicted molar refractivity (Wildman–Crippen MR) is 66.2 cm³/mol. The number of rotatable bonds is 3. The Balaban J connectivity index is 2.21. The molecule has 0 aliphatic carbocycles. The summed E-state index contributed by atoms with van der Waals surface area (Å²) < 4.78 is 5.50. The Morgan fingerprint density at radius 1 is 1.59 bits per heavy atom. The summed E-state index contributed by atoms with van der Waals surface area (Å²) in [7, 11) is 0. The molecule has 0 radical (unpaired) electrons. The van der Waals surface area contributed by atoms with Crippen molar-refractivity contribution in [1.82, 2.24) is 0 Å². The number of thioether (sulfide) groups is 1. The molecular weight excluding hydrogens is 234 g/mol. The van der Waals surface area contributed by atoms with Gasteiger partial charge in [-0.3, -0.25) is 4.79 Å². The van der Waals surface area contributed by atoms with E-state index >= 15 is 0 Å². The summed E-state index contributed by atoms with van der Waals surface area (Å²) in [6, 6.07) is 7.37. The second-order valence-corrected chi connectivity index (χ2v) is 5.29. The molecule has 0 amide bonds. The molecule has 2 rings (SSSR count). The first-order chi connectivity index (χ1) is 8.24. The third kappa shape index (κ3) is 2.68. The van der Waals surface area contributed by atoms with Crippen LogP contribution in [-0.4, -0.2) is 24.2 Å². The van der Waals surface area contributed by atoms with Crippen molar-refractivity contribution >= 4 is 18.0 Å². The van der Waals surface area contributed by atoms with E-state index in [0.717, 1.165) is 24.2 Å². The van der Waals surface area contributed by atoms with Crippen LogP contribution in [0.15, 0.2) is 23.1 Å². The van der Waals surface area contributed by atoms with E-state index in [-0.39, 0.29) is 6.10 Å². The minimum atomic E-state index is 0.220. The van der Waals surface area contributed by atoms with Gasteiger partial charge in [0.05, 0.1) is 11.7 Å². The maximum absolute atomic E-state index is 10.6.